The number of nitrogens with zero attached hydrogens (tertiary/aromatic N) is 4. The number of fused-ring (bicyclic) bond motifs is 2. The third kappa shape index (κ3) is 3.06. The zero-order chi connectivity index (χ0) is 19.3. The van der Waals surface area contributed by atoms with Crippen molar-refractivity contribution in [1.82, 2.24) is 9.78 Å². The number of aliphatic imine (C=N–C) groups is 1. The number of aryl methyl sites for hydroxylation is 2. The van der Waals surface area contributed by atoms with Crippen LogP contribution >= 0.6 is 0 Å². The Labute approximate surface area is 176 Å². The summed E-state index contributed by atoms with van der Waals surface area (Å²) in [6.45, 7) is 4.21. The lowest BCUT2D eigenvalue weighted by Crippen LogP contribution is -3.00. The molecule has 3 heterocycles. The van der Waals surface area contributed by atoms with E-state index in [1.165, 1.54) is 22.4 Å². The molecule has 0 saturated carbocycles. The van der Waals surface area contributed by atoms with E-state index >= 15 is 0 Å². The Morgan fingerprint density at radius 1 is 0.931 bits per heavy atom. The van der Waals surface area contributed by atoms with Gasteiger partial charge in [-0.05, 0) is 48.7 Å². The molecule has 1 aliphatic rings. The average Bonchev–Trinajstić information content (AvgIpc) is 3.16. The van der Waals surface area contributed by atoms with Gasteiger partial charge in [0.2, 0.25) is 0 Å². The summed E-state index contributed by atoms with van der Waals surface area (Å²) in [5.74, 6) is 0.959. The Kier molecular flexibility index (Phi) is 4.81. The minimum atomic E-state index is 0. The summed E-state index contributed by atoms with van der Waals surface area (Å²) in [5, 5.41) is 5.67. The van der Waals surface area contributed by atoms with Crippen molar-refractivity contribution >= 4 is 33.6 Å². The first kappa shape index (κ1) is 19.1. The Bertz CT molecular complexity index is 1280. The molecule has 1 aliphatic heterocycles. The van der Waals surface area contributed by atoms with Crippen LogP contribution in [0.1, 0.15) is 23.9 Å². The van der Waals surface area contributed by atoms with E-state index in [4.69, 9.17) is 4.99 Å². The highest BCUT2D eigenvalue weighted by Crippen LogP contribution is 2.32. The van der Waals surface area contributed by atoms with Gasteiger partial charge < -0.3 is 12.4 Å². The van der Waals surface area contributed by atoms with E-state index in [-0.39, 0.29) is 12.4 Å². The third-order valence-electron chi connectivity index (χ3n) is 5.39. The number of rotatable bonds is 2. The van der Waals surface area contributed by atoms with Crippen LogP contribution in [0.15, 0.2) is 77.9 Å². The molecule has 0 saturated heterocycles. The van der Waals surface area contributed by atoms with Crippen molar-refractivity contribution in [2.45, 2.75) is 13.8 Å². The zero-order valence-electron chi connectivity index (χ0n) is 16.6. The molecule has 0 bridgehead atoms. The largest absolute Gasteiger partial charge is 1.00 e. The molecule has 0 aliphatic carbocycles. The molecule has 0 amide bonds. The van der Waals surface area contributed by atoms with E-state index in [1.54, 1.807) is 0 Å². The normalized spacial score (nSPS) is 14.4. The van der Waals surface area contributed by atoms with Gasteiger partial charge >= 0.3 is 5.84 Å². The van der Waals surface area contributed by atoms with Gasteiger partial charge in [-0.2, -0.15) is 9.67 Å². The highest BCUT2D eigenvalue weighted by Gasteiger charge is 2.33. The molecule has 0 atom stereocenters. The van der Waals surface area contributed by atoms with Crippen molar-refractivity contribution in [3.8, 4) is 0 Å². The van der Waals surface area contributed by atoms with Crippen LogP contribution in [0.2, 0.25) is 0 Å². The second-order valence-corrected chi connectivity index (χ2v) is 7.17. The second-order valence-electron chi connectivity index (χ2n) is 7.17. The van der Waals surface area contributed by atoms with E-state index in [9.17, 15) is 0 Å². The third-order valence-corrected chi connectivity index (χ3v) is 5.39. The first-order valence-corrected chi connectivity index (χ1v) is 9.43. The number of pyridine rings is 1. The SMILES string of the molecule is CC1=C(c2ccccc2)C(=Nc2ccc3c(c2)c(C)nn3C)[n+]2ccccc21.[Cl-]. The highest BCUT2D eigenvalue weighted by atomic mass is 35.5. The van der Waals surface area contributed by atoms with Crippen molar-refractivity contribution in [1.29, 1.82) is 0 Å². The van der Waals surface area contributed by atoms with Crippen molar-refractivity contribution in [3.63, 3.8) is 0 Å². The van der Waals surface area contributed by atoms with Crippen LogP contribution in [0.3, 0.4) is 0 Å². The van der Waals surface area contributed by atoms with Crippen LogP contribution in [0.5, 0.6) is 0 Å². The second kappa shape index (κ2) is 7.30. The summed E-state index contributed by atoms with van der Waals surface area (Å²) in [7, 11) is 1.98. The molecule has 144 valence electrons. The minimum absolute atomic E-state index is 0. The van der Waals surface area contributed by atoms with Crippen LogP contribution in [-0.4, -0.2) is 15.6 Å². The Balaban J connectivity index is 0.00000205. The number of hydrogen-bond donors (Lipinski definition) is 0. The van der Waals surface area contributed by atoms with Crippen molar-refractivity contribution in [2.75, 3.05) is 0 Å². The minimum Gasteiger partial charge on any atom is -1.00 e. The molecule has 4 nitrogen and oxygen atoms in total. The monoisotopic (exact) mass is 400 g/mol. The van der Waals surface area contributed by atoms with E-state index in [0.717, 1.165) is 28.1 Å². The van der Waals surface area contributed by atoms with Gasteiger partial charge in [0, 0.05) is 24.1 Å². The fraction of sp³-hybridized carbons (Fsp3) is 0.125. The van der Waals surface area contributed by atoms with Gasteiger partial charge in [-0.25, -0.2) is 0 Å². The lowest BCUT2D eigenvalue weighted by molar-refractivity contribution is -0.553. The Hall–Kier alpha value is -3.24. The lowest BCUT2D eigenvalue weighted by atomic mass is 10.0. The smallest absolute Gasteiger partial charge is 0.337 e. The maximum atomic E-state index is 5.09. The molecule has 4 aromatic rings. The average molecular weight is 401 g/mol. The molecule has 0 fully saturated rings. The fourth-order valence-electron chi connectivity index (χ4n) is 4.03. The first-order valence-electron chi connectivity index (χ1n) is 9.43. The number of allylic oxidation sites excluding steroid dienone is 2. The summed E-state index contributed by atoms with van der Waals surface area (Å²) in [4.78, 5) is 5.09. The molecule has 29 heavy (non-hydrogen) atoms. The standard InChI is InChI=1S/C24H21N4.ClH/c1-16-21-11-7-8-14-28(21)24(23(16)18-9-5-4-6-10-18)25-19-12-13-22-20(15-19)17(2)26-27(22)3;/h4-15H,1-3H3;1H/q+1;/p-1. The lowest BCUT2D eigenvalue weighted by Gasteiger charge is -2.01. The highest BCUT2D eigenvalue weighted by molar-refractivity contribution is 6.28. The van der Waals surface area contributed by atoms with Crippen LogP contribution in [0.4, 0.5) is 5.69 Å². The van der Waals surface area contributed by atoms with E-state index in [2.05, 4.69) is 83.5 Å². The van der Waals surface area contributed by atoms with E-state index in [0.29, 0.717) is 0 Å². The van der Waals surface area contributed by atoms with Gasteiger partial charge in [0.1, 0.15) is 5.69 Å². The van der Waals surface area contributed by atoms with Crippen LogP contribution < -0.4 is 17.0 Å². The van der Waals surface area contributed by atoms with Crippen molar-refractivity contribution in [2.24, 2.45) is 12.0 Å². The summed E-state index contributed by atoms with van der Waals surface area (Å²) >= 11 is 0. The maximum Gasteiger partial charge on any atom is 0.337 e. The van der Waals surface area contributed by atoms with Crippen LogP contribution in [0.25, 0.3) is 22.0 Å². The molecule has 5 heteroatoms. The van der Waals surface area contributed by atoms with Gasteiger partial charge in [-0.15, -0.1) is 0 Å². The van der Waals surface area contributed by atoms with Gasteiger partial charge in [-0.1, -0.05) is 36.4 Å². The topological polar surface area (TPSA) is 34.1 Å². The maximum absolute atomic E-state index is 5.09. The van der Waals surface area contributed by atoms with Gasteiger partial charge in [0.05, 0.1) is 23.0 Å². The summed E-state index contributed by atoms with van der Waals surface area (Å²) in [5.41, 5.74) is 7.85. The molecule has 2 aromatic heterocycles. The molecular weight excluding hydrogens is 380 g/mol. The molecule has 0 spiro atoms. The predicted octanol–water partition coefficient (Wildman–Crippen LogP) is 1.70. The predicted molar refractivity (Wildman–Crippen MR) is 114 cm³/mol. The van der Waals surface area contributed by atoms with Crippen molar-refractivity contribution < 1.29 is 17.0 Å². The zero-order valence-corrected chi connectivity index (χ0v) is 17.4. The number of benzene rings is 2. The molecule has 5 rings (SSSR count). The summed E-state index contributed by atoms with van der Waals surface area (Å²) < 4.78 is 4.10. The molecule has 0 radical (unpaired) electrons. The molecular formula is C24H21ClN4. The Morgan fingerprint density at radius 2 is 1.69 bits per heavy atom. The first-order chi connectivity index (χ1) is 13.6. The van der Waals surface area contributed by atoms with Gasteiger partial charge in [0.25, 0.3) is 0 Å². The van der Waals surface area contributed by atoms with Crippen LogP contribution in [0, 0.1) is 6.92 Å². The van der Waals surface area contributed by atoms with Gasteiger partial charge in [0.15, 0.2) is 5.69 Å². The van der Waals surface area contributed by atoms with Crippen molar-refractivity contribution in [3.05, 3.63) is 89.9 Å². The quantitative estimate of drug-likeness (QED) is 0.471. The van der Waals surface area contributed by atoms with E-state index < -0.39 is 0 Å². The fourth-order valence-corrected chi connectivity index (χ4v) is 4.03. The van der Waals surface area contributed by atoms with E-state index in [1.807, 2.05) is 24.7 Å². The Morgan fingerprint density at radius 3 is 2.48 bits per heavy atom. The molecule has 2 aromatic carbocycles. The van der Waals surface area contributed by atoms with Crippen LogP contribution in [-0.2, 0) is 7.05 Å². The molecule has 0 N–H and O–H groups in total. The number of halogens is 1. The number of hydrogen-bond acceptors (Lipinski definition) is 2. The summed E-state index contributed by atoms with van der Waals surface area (Å²) in [6.07, 6.45) is 2.08. The van der Waals surface area contributed by atoms with Gasteiger partial charge in [-0.3, -0.25) is 4.68 Å². The molecule has 0 unspecified atom stereocenters. The summed E-state index contributed by atoms with van der Waals surface area (Å²) in [6, 6.07) is 23.1. The number of aromatic nitrogens is 3.